The van der Waals surface area contributed by atoms with E-state index in [1.54, 1.807) is 0 Å². The van der Waals surface area contributed by atoms with Crippen LogP contribution in [0.3, 0.4) is 0 Å². The van der Waals surface area contributed by atoms with Crippen molar-refractivity contribution in [2.75, 3.05) is 11.9 Å². The SMILES string of the molecule is N#C/C(=C/NCCc1c[nH]c2ccccc12)C(=O)Nc1cccc([N+](=O)[O-])c1. The Balaban J connectivity index is 1.59. The lowest BCUT2D eigenvalue weighted by molar-refractivity contribution is -0.384. The van der Waals surface area contributed by atoms with E-state index in [1.807, 2.05) is 36.5 Å². The molecule has 3 rings (SSSR count). The van der Waals surface area contributed by atoms with Gasteiger partial charge in [0.2, 0.25) is 0 Å². The lowest BCUT2D eigenvalue weighted by Crippen LogP contribution is -2.18. The molecule has 140 valence electrons. The summed E-state index contributed by atoms with van der Waals surface area (Å²) in [5.41, 5.74) is 2.18. The summed E-state index contributed by atoms with van der Waals surface area (Å²) in [6.07, 6.45) is 4.00. The van der Waals surface area contributed by atoms with E-state index in [-0.39, 0.29) is 16.9 Å². The molecule has 3 N–H and O–H groups in total. The Morgan fingerprint density at radius 3 is 2.86 bits per heavy atom. The van der Waals surface area contributed by atoms with Crippen LogP contribution in [0.25, 0.3) is 10.9 Å². The van der Waals surface area contributed by atoms with E-state index in [2.05, 4.69) is 15.6 Å². The van der Waals surface area contributed by atoms with Gasteiger partial charge in [-0.3, -0.25) is 14.9 Å². The van der Waals surface area contributed by atoms with Crippen LogP contribution in [0, 0.1) is 21.4 Å². The maximum absolute atomic E-state index is 12.2. The number of aromatic amines is 1. The van der Waals surface area contributed by atoms with Crippen LogP contribution in [-0.2, 0) is 11.2 Å². The van der Waals surface area contributed by atoms with E-state index in [0.29, 0.717) is 13.0 Å². The highest BCUT2D eigenvalue weighted by molar-refractivity contribution is 6.06. The molecule has 0 atom stereocenters. The summed E-state index contributed by atoms with van der Waals surface area (Å²) in [7, 11) is 0. The molecule has 0 spiro atoms. The lowest BCUT2D eigenvalue weighted by atomic mass is 10.1. The minimum absolute atomic E-state index is 0.120. The first-order valence-electron chi connectivity index (χ1n) is 8.53. The highest BCUT2D eigenvalue weighted by Crippen LogP contribution is 2.18. The summed E-state index contributed by atoms with van der Waals surface area (Å²) < 4.78 is 0. The number of non-ortho nitro benzene ring substituents is 1. The standard InChI is InChI=1S/C20H17N5O3/c21-11-15(20(26)24-16-4-3-5-17(10-16)25(27)28)12-22-9-8-14-13-23-19-7-2-1-6-18(14)19/h1-7,10,12-13,22-23H,8-9H2,(H,24,26)/b15-12-. The number of fused-ring (bicyclic) bond motifs is 1. The van der Waals surface area contributed by atoms with Gasteiger partial charge in [-0.2, -0.15) is 5.26 Å². The molecule has 3 aromatic rings. The van der Waals surface area contributed by atoms with Crippen molar-refractivity contribution in [3.63, 3.8) is 0 Å². The van der Waals surface area contributed by atoms with Crippen LogP contribution in [0.1, 0.15) is 5.56 Å². The number of H-pyrrole nitrogens is 1. The molecule has 0 fully saturated rings. The fourth-order valence-electron chi connectivity index (χ4n) is 2.76. The number of nitrogens with one attached hydrogen (secondary N) is 3. The predicted octanol–water partition coefficient (Wildman–Crippen LogP) is 3.25. The van der Waals surface area contributed by atoms with Gasteiger partial charge in [-0.25, -0.2) is 0 Å². The third-order valence-electron chi connectivity index (χ3n) is 4.14. The van der Waals surface area contributed by atoms with Gasteiger partial charge < -0.3 is 15.6 Å². The average molecular weight is 375 g/mol. The van der Waals surface area contributed by atoms with Crippen LogP contribution in [0.15, 0.2) is 66.5 Å². The van der Waals surface area contributed by atoms with Crippen molar-refractivity contribution in [2.45, 2.75) is 6.42 Å². The minimum Gasteiger partial charge on any atom is -0.389 e. The molecule has 1 aromatic heterocycles. The number of aromatic nitrogens is 1. The van der Waals surface area contributed by atoms with E-state index in [1.165, 1.54) is 30.5 Å². The Bertz CT molecular complexity index is 1090. The van der Waals surface area contributed by atoms with Crippen LogP contribution in [0.2, 0.25) is 0 Å². The Morgan fingerprint density at radius 2 is 2.07 bits per heavy atom. The van der Waals surface area contributed by atoms with Gasteiger partial charge in [0.05, 0.1) is 4.92 Å². The van der Waals surface area contributed by atoms with Crippen molar-refractivity contribution in [3.05, 3.63) is 82.2 Å². The second-order valence-corrected chi connectivity index (χ2v) is 5.99. The van der Waals surface area contributed by atoms with Crippen molar-refractivity contribution in [1.82, 2.24) is 10.3 Å². The monoisotopic (exact) mass is 375 g/mol. The van der Waals surface area contributed by atoms with Gasteiger partial charge in [0.15, 0.2) is 0 Å². The molecule has 28 heavy (non-hydrogen) atoms. The normalized spacial score (nSPS) is 11.0. The number of nitro benzene ring substituents is 1. The Hall–Kier alpha value is -4.12. The highest BCUT2D eigenvalue weighted by atomic mass is 16.6. The molecule has 0 unspecified atom stereocenters. The predicted molar refractivity (Wildman–Crippen MR) is 105 cm³/mol. The number of rotatable bonds is 7. The first-order chi connectivity index (χ1) is 13.6. The summed E-state index contributed by atoms with van der Waals surface area (Å²) in [6.45, 7) is 0.539. The number of nitriles is 1. The summed E-state index contributed by atoms with van der Waals surface area (Å²) in [5.74, 6) is -0.636. The third-order valence-corrected chi connectivity index (χ3v) is 4.14. The van der Waals surface area contributed by atoms with E-state index in [0.717, 1.165) is 16.5 Å². The maximum atomic E-state index is 12.2. The van der Waals surface area contributed by atoms with E-state index in [4.69, 9.17) is 0 Å². The summed E-state index contributed by atoms with van der Waals surface area (Å²) in [5, 5.41) is 26.6. The molecule has 0 aliphatic heterocycles. The largest absolute Gasteiger partial charge is 0.389 e. The first-order valence-corrected chi connectivity index (χ1v) is 8.53. The van der Waals surface area contributed by atoms with Gasteiger partial charge in [-0.05, 0) is 24.1 Å². The summed E-state index contributed by atoms with van der Waals surface area (Å²) >= 11 is 0. The molecular weight excluding hydrogens is 358 g/mol. The average Bonchev–Trinajstić information content (AvgIpc) is 3.11. The molecule has 0 aliphatic carbocycles. The molecule has 2 aromatic carbocycles. The maximum Gasteiger partial charge on any atom is 0.271 e. The molecular formula is C20H17N5O3. The minimum atomic E-state index is -0.636. The number of para-hydroxylation sites is 1. The van der Waals surface area contributed by atoms with Gasteiger partial charge in [-0.15, -0.1) is 0 Å². The Morgan fingerprint density at radius 1 is 1.25 bits per heavy atom. The fourth-order valence-corrected chi connectivity index (χ4v) is 2.76. The zero-order valence-electron chi connectivity index (χ0n) is 14.8. The molecule has 0 bridgehead atoms. The molecule has 8 heteroatoms. The van der Waals surface area contributed by atoms with Crippen molar-refractivity contribution < 1.29 is 9.72 Å². The van der Waals surface area contributed by atoms with Gasteiger partial charge in [0, 0.05) is 47.7 Å². The van der Waals surface area contributed by atoms with Crippen LogP contribution in [-0.4, -0.2) is 22.4 Å². The molecule has 0 aliphatic rings. The molecule has 0 saturated heterocycles. The quantitative estimate of drug-likeness (QED) is 0.192. The van der Waals surface area contributed by atoms with E-state index in [9.17, 15) is 20.2 Å². The van der Waals surface area contributed by atoms with Crippen molar-refractivity contribution in [3.8, 4) is 6.07 Å². The van der Waals surface area contributed by atoms with E-state index < -0.39 is 10.8 Å². The number of benzene rings is 2. The molecule has 0 radical (unpaired) electrons. The highest BCUT2D eigenvalue weighted by Gasteiger charge is 2.12. The van der Waals surface area contributed by atoms with E-state index >= 15 is 0 Å². The van der Waals surface area contributed by atoms with Crippen molar-refractivity contribution in [2.24, 2.45) is 0 Å². The topological polar surface area (TPSA) is 124 Å². The van der Waals surface area contributed by atoms with Gasteiger partial charge in [0.25, 0.3) is 11.6 Å². The van der Waals surface area contributed by atoms with Crippen LogP contribution < -0.4 is 10.6 Å². The molecule has 1 heterocycles. The molecule has 0 saturated carbocycles. The smallest absolute Gasteiger partial charge is 0.271 e. The fraction of sp³-hybridized carbons (Fsp3) is 0.100. The van der Waals surface area contributed by atoms with Crippen molar-refractivity contribution in [1.29, 1.82) is 5.26 Å². The number of carbonyl (C=O) groups is 1. The number of nitro groups is 1. The van der Waals surface area contributed by atoms with Gasteiger partial charge >= 0.3 is 0 Å². The molecule has 8 nitrogen and oxygen atoms in total. The number of amides is 1. The van der Waals surface area contributed by atoms with Crippen LogP contribution >= 0.6 is 0 Å². The Labute approximate surface area is 160 Å². The van der Waals surface area contributed by atoms with Crippen molar-refractivity contribution >= 4 is 28.2 Å². The number of nitrogens with zero attached hydrogens (tertiary/aromatic N) is 2. The number of hydrogen-bond donors (Lipinski definition) is 3. The van der Waals surface area contributed by atoms with Crippen LogP contribution in [0.4, 0.5) is 11.4 Å². The summed E-state index contributed by atoms with van der Waals surface area (Å²) in [4.78, 5) is 25.7. The van der Waals surface area contributed by atoms with Gasteiger partial charge in [0.1, 0.15) is 11.6 Å². The second kappa shape index (κ2) is 8.51. The number of hydrogen-bond acceptors (Lipinski definition) is 5. The summed E-state index contributed by atoms with van der Waals surface area (Å²) in [6, 6.07) is 15.3. The second-order valence-electron chi connectivity index (χ2n) is 5.99. The Kier molecular flexibility index (Phi) is 5.67. The lowest BCUT2D eigenvalue weighted by Gasteiger charge is -2.05. The number of anilines is 1. The van der Waals surface area contributed by atoms with Crippen LogP contribution in [0.5, 0.6) is 0 Å². The third kappa shape index (κ3) is 4.34. The number of carbonyl (C=O) groups excluding carboxylic acids is 1. The first kappa shape index (κ1) is 18.7. The zero-order chi connectivity index (χ0) is 19.9. The zero-order valence-corrected chi connectivity index (χ0v) is 14.8. The molecule has 1 amide bonds. The van der Waals surface area contributed by atoms with Gasteiger partial charge in [-0.1, -0.05) is 24.3 Å².